The summed E-state index contributed by atoms with van der Waals surface area (Å²) in [5, 5.41) is 9.61. The van der Waals surface area contributed by atoms with Gasteiger partial charge in [0.25, 0.3) is 0 Å². The van der Waals surface area contributed by atoms with Gasteiger partial charge >= 0.3 is 5.97 Å². The smallest absolute Gasteiger partial charge is 0.316 e. The van der Waals surface area contributed by atoms with Crippen molar-refractivity contribution in [1.29, 1.82) is 0 Å². The maximum atomic E-state index is 12.1. The minimum Gasteiger partial charge on any atom is -0.481 e. The SMILES string of the molecule is CCC(=O)c1cc(C(C(=O)O)c2ccccc2)sc1C(=O)CC. The molecule has 0 fully saturated rings. The molecule has 5 heteroatoms. The molecule has 1 N–H and O–H groups in total. The van der Waals surface area contributed by atoms with Crippen LogP contribution in [-0.4, -0.2) is 22.6 Å². The Hall–Kier alpha value is -2.27. The minimum atomic E-state index is -0.997. The number of carboxylic acid groups (broad SMARTS) is 1. The van der Waals surface area contributed by atoms with Gasteiger partial charge in [0, 0.05) is 23.3 Å². The van der Waals surface area contributed by atoms with Crippen LogP contribution in [0.4, 0.5) is 0 Å². The van der Waals surface area contributed by atoms with Gasteiger partial charge in [0.1, 0.15) is 5.92 Å². The lowest BCUT2D eigenvalue weighted by Crippen LogP contribution is -2.11. The molecule has 0 aliphatic rings. The zero-order valence-corrected chi connectivity index (χ0v) is 13.9. The topological polar surface area (TPSA) is 71.4 Å². The van der Waals surface area contributed by atoms with E-state index in [9.17, 15) is 19.5 Å². The molecule has 23 heavy (non-hydrogen) atoms. The Kier molecular flexibility index (Phi) is 5.45. The maximum Gasteiger partial charge on any atom is 0.316 e. The van der Waals surface area contributed by atoms with Crippen LogP contribution in [0, 0.1) is 0 Å². The van der Waals surface area contributed by atoms with E-state index in [0.29, 0.717) is 20.9 Å². The molecule has 0 aliphatic heterocycles. The van der Waals surface area contributed by atoms with Gasteiger partial charge < -0.3 is 5.11 Å². The minimum absolute atomic E-state index is 0.129. The lowest BCUT2D eigenvalue weighted by molar-refractivity contribution is -0.137. The van der Waals surface area contributed by atoms with E-state index in [4.69, 9.17) is 0 Å². The van der Waals surface area contributed by atoms with Gasteiger partial charge in [0.2, 0.25) is 0 Å². The molecule has 0 radical (unpaired) electrons. The van der Waals surface area contributed by atoms with E-state index in [0.717, 1.165) is 11.3 Å². The molecule has 0 saturated heterocycles. The van der Waals surface area contributed by atoms with Crippen molar-refractivity contribution in [2.24, 2.45) is 0 Å². The monoisotopic (exact) mass is 330 g/mol. The molecule has 0 aliphatic carbocycles. The number of carbonyl (C=O) groups excluding carboxylic acids is 2. The summed E-state index contributed by atoms with van der Waals surface area (Å²) in [6.45, 7) is 3.46. The number of aliphatic carboxylic acids is 1. The first-order valence-electron chi connectivity index (χ1n) is 7.47. The van der Waals surface area contributed by atoms with Crippen LogP contribution in [0.1, 0.15) is 63.1 Å². The third-order valence-corrected chi connectivity index (χ3v) is 4.85. The third-order valence-electron chi connectivity index (χ3n) is 3.61. The first-order valence-corrected chi connectivity index (χ1v) is 8.29. The lowest BCUT2D eigenvalue weighted by Gasteiger charge is -2.10. The number of thiophene rings is 1. The molecule has 1 heterocycles. The van der Waals surface area contributed by atoms with Crippen LogP contribution in [-0.2, 0) is 4.79 Å². The van der Waals surface area contributed by atoms with Crippen molar-refractivity contribution in [2.45, 2.75) is 32.6 Å². The number of carboxylic acids is 1. The number of Topliss-reactive ketones (excluding diaryl/α,β-unsaturated/α-hetero) is 2. The number of hydrogen-bond acceptors (Lipinski definition) is 4. The highest BCUT2D eigenvalue weighted by molar-refractivity contribution is 7.14. The number of ketones is 2. The molecule has 2 rings (SSSR count). The van der Waals surface area contributed by atoms with Crippen LogP contribution in [0.25, 0.3) is 0 Å². The van der Waals surface area contributed by atoms with Gasteiger partial charge in [-0.15, -0.1) is 11.3 Å². The zero-order valence-electron chi connectivity index (χ0n) is 13.0. The summed E-state index contributed by atoms with van der Waals surface area (Å²) in [6, 6.07) is 10.4. The van der Waals surface area contributed by atoms with Crippen molar-refractivity contribution < 1.29 is 19.5 Å². The standard InChI is InChI=1S/C18H18O4S/c1-3-13(19)12-10-15(23-17(12)14(20)4-2)16(18(21)22)11-8-6-5-7-9-11/h5-10,16H,3-4H2,1-2H3,(H,21,22). The summed E-state index contributed by atoms with van der Waals surface area (Å²) >= 11 is 1.12. The maximum absolute atomic E-state index is 12.1. The van der Waals surface area contributed by atoms with Gasteiger partial charge in [-0.05, 0) is 11.6 Å². The van der Waals surface area contributed by atoms with Crippen LogP contribution >= 0.6 is 11.3 Å². The fourth-order valence-electron chi connectivity index (χ4n) is 2.39. The van der Waals surface area contributed by atoms with Crippen molar-refractivity contribution in [3.63, 3.8) is 0 Å². The fraction of sp³-hybridized carbons (Fsp3) is 0.278. The highest BCUT2D eigenvalue weighted by Gasteiger charge is 2.28. The van der Waals surface area contributed by atoms with Crippen LogP contribution in [0.15, 0.2) is 36.4 Å². The van der Waals surface area contributed by atoms with Crippen LogP contribution in [0.5, 0.6) is 0 Å². The average molecular weight is 330 g/mol. The highest BCUT2D eigenvalue weighted by Crippen LogP contribution is 2.34. The molecule has 0 bridgehead atoms. The largest absolute Gasteiger partial charge is 0.481 e. The van der Waals surface area contributed by atoms with Gasteiger partial charge in [0.15, 0.2) is 11.6 Å². The molecule has 1 atom stereocenters. The van der Waals surface area contributed by atoms with E-state index in [-0.39, 0.29) is 24.4 Å². The lowest BCUT2D eigenvalue weighted by atomic mass is 9.96. The second kappa shape index (κ2) is 7.33. The molecular formula is C18H18O4S. The summed E-state index contributed by atoms with van der Waals surface area (Å²) in [6.07, 6.45) is 0.566. The molecule has 4 nitrogen and oxygen atoms in total. The van der Waals surface area contributed by atoms with E-state index in [1.165, 1.54) is 0 Å². The predicted molar refractivity (Wildman–Crippen MR) is 89.5 cm³/mol. The Morgan fingerprint density at radius 2 is 1.65 bits per heavy atom. The highest BCUT2D eigenvalue weighted by atomic mass is 32.1. The van der Waals surface area contributed by atoms with Crippen LogP contribution in [0.3, 0.4) is 0 Å². The quantitative estimate of drug-likeness (QED) is 0.774. The van der Waals surface area contributed by atoms with Gasteiger partial charge in [-0.2, -0.15) is 0 Å². The van der Waals surface area contributed by atoms with Crippen LogP contribution < -0.4 is 0 Å². The summed E-state index contributed by atoms with van der Waals surface area (Å²) < 4.78 is 0. The number of benzene rings is 1. The van der Waals surface area contributed by atoms with Gasteiger partial charge in [0.05, 0.1) is 4.88 Å². The first-order chi connectivity index (χ1) is 11.0. The number of hydrogen-bond donors (Lipinski definition) is 1. The van der Waals surface area contributed by atoms with E-state index in [2.05, 4.69) is 0 Å². The summed E-state index contributed by atoms with van der Waals surface area (Å²) in [5.41, 5.74) is 0.980. The Labute approximate surface area is 138 Å². The molecule has 1 aromatic carbocycles. The van der Waals surface area contributed by atoms with Crippen molar-refractivity contribution in [1.82, 2.24) is 0 Å². The summed E-state index contributed by atoms with van der Waals surface area (Å²) in [7, 11) is 0. The fourth-order valence-corrected chi connectivity index (χ4v) is 3.70. The molecule has 1 unspecified atom stereocenters. The van der Waals surface area contributed by atoms with E-state index in [1.807, 2.05) is 6.07 Å². The number of carbonyl (C=O) groups is 3. The van der Waals surface area contributed by atoms with Crippen molar-refractivity contribution in [3.05, 3.63) is 57.3 Å². The molecule has 2 aromatic rings. The van der Waals surface area contributed by atoms with E-state index in [1.54, 1.807) is 44.2 Å². The number of rotatable bonds is 7. The average Bonchev–Trinajstić information content (AvgIpc) is 2.99. The first kappa shape index (κ1) is 17.1. The summed E-state index contributed by atoms with van der Waals surface area (Å²) in [4.78, 5) is 36.8. The van der Waals surface area contributed by atoms with Gasteiger partial charge in [-0.1, -0.05) is 44.2 Å². The molecule has 1 aromatic heterocycles. The van der Waals surface area contributed by atoms with Gasteiger partial charge in [-0.3, -0.25) is 14.4 Å². The van der Waals surface area contributed by atoms with Crippen molar-refractivity contribution in [2.75, 3.05) is 0 Å². The second-order valence-corrected chi connectivity index (χ2v) is 6.21. The normalized spacial score (nSPS) is 11.9. The van der Waals surface area contributed by atoms with Crippen LogP contribution in [0.2, 0.25) is 0 Å². The van der Waals surface area contributed by atoms with Gasteiger partial charge in [-0.25, -0.2) is 0 Å². The molecule has 0 spiro atoms. The predicted octanol–water partition coefficient (Wildman–Crippen LogP) is 4.15. The second-order valence-electron chi connectivity index (χ2n) is 5.13. The van der Waals surface area contributed by atoms with Crippen molar-refractivity contribution in [3.8, 4) is 0 Å². The Bertz CT molecular complexity index is 697. The van der Waals surface area contributed by atoms with E-state index >= 15 is 0 Å². The Morgan fingerprint density at radius 3 is 2.17 bits per heavy atom. The van der Waals surface area contributed by atoms with E-state index < -0.39 is 11.9 Å². The summed E-state index contributed by atoms with van der Waals surface area (Å²) in [5.74, 6) is -2.14. The molecule has 120 valence electrons. The zero-order chi connectivity index (χ0) is 17.0. The third kappa shape index (κ3) is 3.56. The Morgan fingerprint density at radius 1 is 1.04 bits per heavy atom. The van der Waals surface area contributed by atoms with Crippen molar-refractivity contribution >= 4 is 28.9 Å². The Balaban J connectivity index is 2.57. The molecule has 0 saturated carbocycles. The molecule has 0 amide bonds. The molecular weight excluding hydrogens is 312 g/mol.